The molecule has 1 aromatic rings. The number of rotatable bonds is 4. The third-order valence-electron chi connectivity index (χ3n) is 2.89. The van der Waals surface area contributed by atoms with Crippen LogP contribution < -0.4 is 5.73 Å². The molecule has 2 N–H and O–H groups in total. The molecule has 0 bridgehead atoms. The molecule has 1 aromatic heterocycles. The summed E-state index contributed by atoms with van der Waals surface area (Å²) in [7, 11) is 0. The molecular formula is C12H19N3. The van der Waals surface area contributed by atoms with E-state index in [0.29, 0.717) is 6.54 Å². The fourth-order valence-electron chi connectivity index (χ4n) is 2.04. The average Bonchev–Trinajstić information content (AvgIpc) is 2.74. The lowest BCUT2D eigenvalue weighted by Gasteiger charge is -2.14. The van der Waals surface area contributed by atoms with Crippen LogP contribution in [0.5, 0.6) is 0 Å². The highest BCUT2D eigenvalue weighted by Gasteiger charge is 2.11. The van der Waals surface area contributed by atoms with E-state index in [1.165, 1.54) is 31.5 Å². The molecule has 1 saturated heterocycles. The van der Waals surface area contributed by atoms with Crippen LogP contribution in [-0.4, -0.2) is 29.5 Å². The van der Waals surface area contributed by atoms with Crippen molar-refractivity contribution in [3.63, 3.8) is 0 Å². The molecule has 1 aliphatic rings. The molecule has 2 rings (SSSR count). The van der Waals surface area contributed by atoms with Crippen LogP contribution in [0.25, 0.3) is 0 Å². The summed E-state index contributed by atoms with van der Waals surface area (Å²) in [5.41, 5.74) is 7.90. The minimum Gasteiger partial charge on any atom is -0.330 e. The monoisotopic (exact) mass is 205 g/mol. The zero-order chi connectivity index (χ0) is 10.5. The van der Waals surface area contributed by atoms with Crippen molar-refractivity contribution in [3.05, 3.63) is 29.6 Å². The van der Waals surface area contributed by atoms with E-state index in [9.17, 15) is 0 Å². The van der Waals surface area contributed by atoms with Crippen molar-refractivity contribution in [2.75, 3.05) is 19.6 Å². The number of pyridine rings is 1. The third-order valence-corrected chi connectivity index (χ3v) is 2.89. The van der Waals surface area contributed by atoms with E-state index in [4.69, 9.17) is 5.73 Å². The molecule has 0 amide bonds. The van der Waals surface area contributed by atoms with Crippen LogP contribution >= 0.6 is 0 Å². The lowest BCUT2D eigenvalue weighted by Crippen LogP contribution is -2.18. The SMILES string of the molecule is NCCc1ccc(CN2CCCC2)cn1. The summed E-state index contributed by atoms with van der Waals surface area (Å²) in [6.45, 7) is 4.21. The van der Waals surface area contributed by atoms with E-state index in [2.05, 4.69) is 22.0 Å². The average molecular weight is 205 g/mol. The number of nitrogens with zero attached hydrogens (tertiary/aromatic N) is 2. The minimum atomic E-state index is 0.679. The molecule has 1 aliphatic heterocycles. The van der Waals surface area contributed by atoms with Crippen molar-refractivity contribution >= 4 is 0 Å². The van der Waals surface area contributed by atoms with E-state index in [1.54, 1.807) is 0 Å². The van der Waals surface area contributed by atoms with Crippen LogP contribution in [-0.2, 0) is 13.0 Å². The van der Waals surface area contributed by atoms with Crippen molar-refractivity contribution in [2.24, 2.45) is 5.73 Å². The number of nitrogens with two attached hydrogens (primary N) is 1. The molecule has 3 heteroatoms. The summed E-state index contributed by atoms with van der Waals surface area (Å²) >= 11 is 0. The Morgan fingerprint density at radius 3 is 2.67 bits per heavy atom. The van der Waals surface area contributed by atoms with Crippen LogP contribution in [0.1, 0.15) is 24.1 Å². The molecule has 0 radical (unpaired) electrons. The number of aromatic nitrogens is 1. The summed E-state index contributed by atoms with van der Waals surface area (Å²) < 4.78 is 0. The first-order chi connectivity index (χ1) is 7.38. The zero-order valence-corrected chi connectivity index (χ0v) is 9.15. The van der Waals surface area contributed by atoms with Gasteiger partial charge >= 0.3 is 0 Å². The number of likely N-dealkylation sites (tertiary alicyclic amines) is 1. The van der Waals surface area contributed by atoms with Crippen LogP contribution in [0.2, 0.25) is 0 Å². The van der Waals surface area contributed by atoms with E-state index in [-0.39, 0.29) is 0 Å². The molecule has 0 aromatic carbocycles. The summed E-state index contributed by atoms with van der Waals surface area (Å²) in [6, 6.07) is 4.27. The molecule has 0 atom stereocenters. The van der Waals surface area contributed by atoms with Crippen molar-refractivity contribution in [1.82, 2.24) is 9.88 Å². The van der Waals surface area contributed by atoms with Crippen molar-refractivity contribution in [2.45, 2.75) is 25.8 Å². The quantitative estimate of drug-likeness (QED) is 0.802. The van der Waals surface area contributed by atoms with Gasteiger partial charge in [0, 0.05) is 24.9 Å². The van der Waals surface area contributed by atoms with Crippen LogP contribution in [0.4, 0.5) is 0 Å². The molecule has 82 valence electrons. The fraction of sp³-hybridized carbons (Fsp3) is 0.583. The zero-order valence-electron chi connectivity index (χ0n) is 9.15. The predicted molar refractivity (Wildman–Crippen MR) is 61.5 cm³/mol. The van der Waals surface area contributed by atoms with Gasteiger partial charge in [-0.1, -0.05) is 6.07 Å². The minimum absolute atomic E-state index is 0.679. The van der Waals surface area contributed by atoms with Crippen molar-refractivity contribution in [3.8, 4) is 0 Å². The Kier molecular flexibility index (Phi) is 3.69. The second-order valence-electron chi connectivity index (χ2n) is 4.18. The van der Waals surface area contributed by atoms with E-state index < -0.39 is 0 Å². The number of hydrogen-bond acceptors (Lipinski definition) is 3. The smallest absolute Gasteiger partial charge is 0.0416 e. The van der Waals surface area contributed by atoms with Crippen molar-refractivity contribution < 1.29 is 0 Å². The van der Waals surface area contributed by atoms with Gasteiger partial charge in [0.2, 0.25) is 0 Å². The molecular weight excluding hydrogens is 186 g/mol. The lowest BCUT2D eigenvalue weighted by atomic mass is 10.2. The molecule has 2 heterocycles. The normalized spacial score (nSPS) is 17.1. The summed E-state index contributed by atoms with van der Waals surface area (Å²) in [6.07, 6.45) is 5.56. The van der Waals surface area contributed by atoms with Gasteiger partial charge < -0.3 is 5.73 Å². The highest BCUT2D eigenvalue weighted by molar-refractivity contribution is 5.14. The first kappa shape index (κ1) is 10.6. The Hall–Kier alpha value is -0.930. The van der Waals surface area contributed by atoms with E-state index in [1.807, 2.05) is 6.20 Å². The predicted octanol–water partition coefficient (Wildman–Crippen LogP) is 1.18. The van der Waals surface area contributed by atoms with Gasteiger partial charge in [0.1, 0.15) is 0 Å². The summed E-state index contributed by atoms with van der Waals surface area (Å²) in [5.74, 6) is 0. The first-order valence-electron chi connectivity index (χ1n) is 5.75. The Labute approximate surface area is 91.3 Å². The molecule has 0 saturated carbocycles. The maximum absolute atomic E-state index is 5.48. The lowest BCUT2D eigenvalue weighted by molar-refractivity contribution is 0.331. The Morgan fingerprint density at radius 2 is 2.07 bits per heavy atom. The van der Waals surface area contributed by atoms with E-state index in [0.717, 1.165) is 18.7 Å². The Balaban J connectivity index is 1.91. The molecule has 15 heavy (non-hydrogen) atoms. The Morgan fingerprint density at radius 1 is 1.27 bits per heavy atom. The van der Waals surface area contributed by atoms with Gasteiger partial charge in [-0.3, -0.25) is 9.88 Å². The van der Waals surface area contributed by atoms with Gasteiger partial charge in [-0.2, -0.15) is 0 Å². The second kappa shape index (κ2) is 5.24. The van der Waals surface area contributed by atoms with E-state index >= 15 is 0 Å². The van der Waals surface area contributed by atoms with Crippen LogP contribution in [0.3, 0.4) is 0 Å². The molecule has 0 aliphatic carbocycles. The summed E-state index contributed by atoms with van der Waals surface area (Å²) in [4.78, 5) is 6.89. The van der Waals surface area contributed by atoms with Gasteiger partial charge in [0.05, 0.1) is 0 Å². The maximum atomic E-state index is 5.48. The highest BCUT2D eigenvalue weighted by atomic mass is 15.1. The van der Waals surface area contributed by atoms with Gasteiger partial charge in [-0.15, -0.1) is 0 Å². The highest BCUT2D eigenvalue weighted by Crippen LogP contribution is 2.12. The molecule has 3 nitrogen and oxygen atoms in total. The largest absolute Gasteiger partial charge is 0.330 e. The fourth-order valence-corrected chi connectivity index (χ4v) is 2.04. The summed E-state index contributed by atoms with van der Waals surface area (Å²) in [5, 5.41) is 0. The third kappa shape index (κ3) is 3.01. The van der Waals surface area contributed by atoms with Gasteiger partial charge in [0.15, 0.2) is 0 Å². The second-order valence-corrected chi connectivity index (χ2v) is 4.18. The van der Waals surface area contributed by atoms with Crippen molar-refractivity contribution in [1.29, 1.82) is 0 Å². The molecule has 1 fully saturated rings. The van der Waals surface area contributed by atoms with Gasteiger partial charge in [0.25, 0.3) is 0 Å². The first-order valence-corrected chi connectivity index (χ1v) is 5.75. The maximum Gasteiger partial charge on any atom is 0.0416 e. The number of hydrogen-bond donors (Lipinski definition) is 1. The molecule has 0 spiro atoms. The van der Waals surface area contributed by atoms with Gasteiger partial charge in [-0.05, 0) is 44.1 Å². The topological polar surface area (TPSA) is 42.1 Å². The van der Waals surface area contributed by atoms with Crippen LogP contribution in [0.15, 0.2) is 18.3 Å². The Bertz CT molecular complexity index is 288. The molecule has 0 unspecified atom stereocenters. The van der Waals surface area contributed by atoms with Crippen LogP contribution in [0, 0.1) is 0 Å². The standard InChI is InChI=1S/C12H19N3/c13-6-5-12-4-3-11(9-14-12)10-15-7-1-2-8-15/h3-4,9H,1-2,5-8,10,13H2. The van der Waals surface area contributed by atoms with Gasteiger partial charge in [-0.25, -0.2) is 0 Å².